The van der Waals surface area contributed by atoms with E-state index in [2.05, 4.69) is 22.1 Å². The van der Waals surface area contributed by atoms with Crippen molar-refractivity contribution < 1.29 is 32.6 Å². The van der Waals surface area contributed by atoms with Gasteiger partial charge < -0.3 is 20.1 Å². The Labute approximate surface area is 177 Å². The maximum absolute atomic E-state index is 11.9. The fourth-order valence-electron chi connectivity index (χ4n) is 3.48. The van der Waals surface area contributed by atoms with Crippen molar-refractivity contribution in [1.82, 2.24) is 20.1 Å². The summed E-state index contributed by atoms with van der Waals surface area (Å²) in [6, 6.07) is 0.200. The van der Waals surface area contributed by atoms with Gasteiger partial charge in [0.25, 0.3) is 0 Å². The van der Waals surface area contributed by atoms with Crippen LogP contribution in [0.3, 0.4) is 0 Å². The lowest BCUT2D eigenvalue weighted by molar-refractivity contribution is -0.192. The van der Waals surface area contributed by atoms with Crippen LogP contribution in [-0.4, -0.2) is 83.5 Å². The Bertz CT molecular complexity index is 743. The van der Waals surface area contributed by atoms with Gasteiger partial charge in [0.15, 0.2) is 0 Å². The molecule has 0 saturated carbocycles. The molecule has 12 heteroatoms. The zero-order valence-corrected chi connectivity index (χ0v) is 18.0. The lowest BCUT2D eigenvalue weighted by atomic mass is 9.89. The number of hydrogen-bond donors (Lipinski definition) is 2. The molecule has 0 aromatic carbocycles. The number of nitrogens with one attached hydrogen (secondary N) is 1. The van der Waals surface area contributed by atoms with E-state index >= 15 is 0 Å². The second-order valence-corrected chi connectivity index (χ2v) is 8.63. The van der Waals surface area contributed by atoms with Gasteiger partial charge in [0.05, 0.1) is 16.8 Å². The molecular weight excluding hydrogens is 425 g/mol. The Morgan fingerprint density at radius 2 is 2.13 bits per heavy atom. The standard InChI is InChI=1S/C16H26N4O2S.C2HF3O2/c1-12-14(23-11-17-12)9-20-6-5-16(10-20)8-13(4-7-22-16)18-15(21)19(2)3;3-2(4,5)1(6)7/h11,13H,4-10H2,1-3H3,(H,18,21);(H,6,7)/t13-,16+;/m0./s1. The highest BCUT2D eigenvalue weighted by atomic mass is 32.1. The number of thiazole rings is 1. The summed E-state index contributed by atoms with van der Waals surface area (Å²) in [7, 11) is 3.55. The van der Waals surface area contributed by atoms with Crippen molar-refractivity contribution in [3.63, 3.8) is 0 Å². The monoisotopic (exact) mass is 452 g/mol. The average Bonchev–Trinajstić information content (AvgIpc) is 3.21. The molecule has 2 saturated heterocycles. The molecule has 3 heterocycles. The number of aryl methyl sites for hydroxylation is 1. The smallest absolute Gasteiger partial charge is 0.475 e. The normalized spacial score (nSPS) is 24.3. The minimum Gasteiger partial charge on any atom is -0.475 e. The molecule has 0 bridgehead atoms. The number of amides is 2. The van der Waals surface area contributed by atoms with Crippen molar-refractivity contribution >= 4 is 23.3 Å². The molecule has 2 aliphatic rings. The maximum atomic E-state index is 11.9. The van der Waals surface area contributed by atoms with Gasteiger partial charge in [-0.3, -0.25) is 4.90 Å². The highest BCUT2D eigenvalue weighted by Gasteiger charge is 2.43. The van der Waals surface area contributed by atoms with Gasteiger partial charge in [-0.05, 0) is 26.2 Å². The molecule has 1 aromatic heterocycles. The van der Waals surface area contributed by atoms with Crippen molar-refractivity contribution in [2.75, 3.05) is 33.8 Å². The van der Waals surface area contributed by atoms with E-state index in [1.54, 1.807) is 30.3 Å². The van der Waals surface area contributed by atoms with Crippen LogP contribution in [0.4, 0.5) is 18.0 Å². The van der Waals surface area contributed by atoms with Crippen LogP contribution >= 0.6 is 11.3 Å². The van der Waals surface area contributed by atoms with Gasteiger partial charge in [0.1, 0.15) is 0 Å². The molecular formula is C18H27F3N4O4S. The second-order valence-electron chi connectivity index (χ2n) is 7.69. The largest absolute Gasteiger partial charge is 0.490 e. The van der Waals surface area contributed by atoms with Crippen LogP contribution in [0.2, 0.25) is 0 Å². The number of aromatic nitrogens is 1. The lowest BCUT2D eigenvalue weighted by Gasteiger charge is -2.38. The van der Waals surface area contributed by atoms with Gasteiger partial charge in [-0.2, -0.15) is 13.2 Å². The fraction of sp³-hybridized carbons (Fsp3) is 0.722. The summed E-state index contributed by atoms with van der Waals surface area (Å²) in [5.41, 5.74) is 2.96. The Morgan fingerprint density at radius 3 is 2.67 bits per heavy atom. The van der Waals surface area contributed by atoms with E-state index < -0.39 is 12.1 Å². The number of carboxylic acids is 1. The van der Waals surface area contributed by atoms with Crippen molar-refractivity contribution in [2.24, 2.45) is 0 Å². The quantitative estimate of drug-likeness (QED) is 0.732. The number of likely N-dealkylation sites (tertiary alicyclic amines) is 1. The average molecular weight is 452 g/mol. The van der Waals surface area contributed by atoms with E-state index in [4.69, 9.17) is 14.6 Å². The van der Waals surface area contributed by atoms with Gasteiger partial charge in [-0.25, -0.2) is 14.6 Å². The van der Waals surface area contributed by atoms with Gasteiger partial charge >= 0.3 is 18.2 Å². The summed E-state index contributed by atoms with van der Waals surface area (Å²) in [6.45, 7) is 5.74. The van der Waals surface area contributed by atoms with E-state index in [0.717, 1.165) is 51.2 Å². The summed E-state index contributed by atoms with van der Waals surface area (Å²) in [6.07, 6.45) is -2.24. The number of urea groups is 1. The molecule has 0 unspecified atom stereocenters. The highest BCUT2D eigenvalue weighted by Crippen LogP contribution is 2.35. The van der Waals surface area contributed by atoms with Gasteiger partial charge in [-0.1, -0.05) is 0 Å². The molecule has 8 nitrogen and oxygen atoms in total. The molecule has 1 spiro atoms. The second kappa shape index (κ2) is 9.92. The molecule has 2 aliphatic heterocycles. The molecule has 0 aliphatic carbocycles. The first-order chi connectivity index (χ1) is 13.9. The molecule has 0 radical (unpaired) electrons. The van der Waals surface area contributed by atoms with Gasteiger partial charge in [-0.15, -0.1) is 11.3 Å². The van der Waals surface area contributed by atoms with Crippen LogP contribution in [-0.2, 0) is 16.1 Å². The molecule has 30 heavy (non-hydrogen) atoms. The number of alkyl halides is 3. The van der Waals surface area contributed by atoms with Crippen LogP contribution in [0, 0.1) is 6.92 Å². The first-order valence-electron chi connectivity index (χ1n) is 9.45. The van der Waals surface area contributed by atoms with Crippen molar-refractivity contribution in [3.05, 3.63) is 16.1 Å². The van der Waals surface area contributed by atoms with Crippen LogP contribution in [0.15, 0.2) is 5.51 Å². The van der Waals surface area contributed by atoms with E-state index in [9.17, 15) is 18.0 Å². The number of carbonyl (C=O) groups is 2. The van der Waals surface area contributed by atoms with Crippen LogP contribution in [0.25, 0.3) is 0 Å². The van der Waals surface area contributed by atoms with E-state index in [-0.39, 0.29) is 17.7 Å². The van der Waals surface area contributed by atoms with Gasteiger partial charge in [0, 0.05) is 51.3 Å². The van der Waals surface area contributed by atoms with Crippen molar-refractivity contribution in [1.29, 1.82) is 0 Å². The van der Waals surface area contributed by atoms with Crippen molar-refractivity contribution in [3.8, 4) is 0 Å². The Morgan fingerprint density at radius 1 is 1.47 bits per heavy atom. The predicted molar refractivity (Wildman–Crippen MR) is 104 cm³/mol. The molecule has 2 atom stereocenters. The van der Waals surface area contributed by atoms with E-state index in [1.165, 1.54) is 4.88 Å². The third kappa shape index (κ3) is 6.81. The SMILES string of the molecule is Cc1ncsc1CN1CC[C@@]2(C[C@@H](NC(=O)N(C)C)CCO2)C1.O=C(O)C(F)(F)F. The number of rotatable bonds is 3. The zero-order valence-electron chi connectivity index (χ0n) is 17.2. The summed E-state index contributed by atoms with van der Waals surface area (Å²) in [4.78, 5) is 30.5. The summed E-state index contributed by atoms with van der Waals surface area (Å²) in [5, 5.41) is 10.2. The summed E-state index contributed by atoms with van der Waals surface area (Å²) < 4.78 is 37.9. The van der Waals surface area contributed by atoms with Crippen LogP contribution < -0.4 is 5.32 Å². The van der Waals surface area contributed by atoms with Crippen LogP contribution in [0.1, 0.15) is 29.8 Å². The summed E-state index contributed by atoms with van der Waals surface area (Å²) >= 11 is 1.73. The minimum atomic E-state index is -5.08. The van der Waals surface area contributed by atoms with E-state index in [1.807, 2.05) is 5.51 Å². The van der Waals surface area contributed by atoms with E-state index in [0.29, 0.717) is 0 Å². The topological polar surface area (TPSA) is 95.0 Å². The minimum absolute atomic E-state index is 0.0119. The number of hydrogen-bond acceptors (Lipinski definition) is 6. The highest BCUT2D eigenvalue weighted by molar-refractivity contribution is 7.09. The Balaban J connectivity index is 0.000000396. The number of nitrogens with zero attached hydrogens (tertiary/aromatic N) is 3. The zero-order chi connectivity index (χ0) is 22.5. The molecule has 2 fully saturated rings. The molecule has 2 N–H and O–H groups in total. The maximum Gasteiger partial charge on any atom is 0.490 e. The van der Waals surface area contributed by atoms with Gasteiger partial charge in [0.2, 0.25) is 0 Å². The number of carboxylic acid groups (broad SMARTS) is 1. The number of carbonyl (C=O) groups excluding carboxylic acids is 1. The number of aliphatic carboxylic acids is 1. The first kappa shape index (κ1) is 24.4. The fourth-order valence-corrected chi connectivity index (χ4v) is 4.30. The molecule has 170 valence electrons. The number of halogens is 3. The Kier molecular flexibility index (Phi) is 8.06. The molecule has 3 rings (SSSR count). The molecule has 1 aromatic rings. The lowest BCUT2D eigenvalue weighted by Crippen LogP contribution is -2.51. The van der Waals surface area contributed by atoms with Crippen LogP contribution in [0.5, 0.6) is 0 Å². The van der Waals surface area contributed by atoms with Crippen molar-refractivity contribution in [2.45, 2.75) is 50.6 Å². The first-order valence-corrected chi connectivity index (χ1v) is 10.3. The Hall–Kier alpha value is -1.92. The predicted octanol–water partition coefficient (Wildman–Crippen LogP) is 2.48. The third-order valence-corrected chi connectivity index (χ3v) is 6.00. The summed E-state index contributed by atoms with van der Waals surface area (Å²) in [5.74, 6) is -2.76. The number of ether oxygens (including phenoxy) is 1. The third-order valence-electron chi connectivity index (χ3n) is 5.08. The molecule has 2 amide bonds.